The second-order valence-electron chi connectivity index (χ2n) is 2.82. The molecule has 17 heavy (non-hydrogen) atoms. The number of nitrogens with zero attached hydrogens (tertiary/aromatic N) is 1. The summed E-state index contributed by atoms with van der Waals surface area (Å²) in [6.45, 7) is 4.00. The van der Waals surface area contributed by atoms with E-state index in [1.54, 1.807) is 23.8 Å². The van der Waals surface area contributed by atoms with Crippen molar-refractivity contribution in [1.82, 2.24) is 10.5 Å². The average molecular weight is 250 g/mol. The number of hydrogen-bond acceptors (Lipinski definition) is 4. The normalized spacial score (nSPS) is 9.12. The predicted octanol–water partition coefficient (Wildman–Crippen LogP) is 2.96. The van der Waals surface area contributed by atoms with E-state index in [-0.39, 0.29) is 0 Å². The zero-order chi connectivity index (χ0) is 12.7. The van der Waals surface area contributed by atoms with Gasteiger partial charge in [-0.1, -0.05) is 19.9 Å². The maximum atomic E-state index is 11.1. The summed E-state index contributed by atoms with van der Waals surface area (Å²) in [6, 6.07) is 9.04. The van der Waals surface area contributed by atoms with Crippen molar-refractivity contribution in [1.29, 1.82) is 0 Å². The molecule has 0 fully saturated rings. The Labute approximate surface area is 104 Å². The molecular weight excluding hydrogens is 236 g/mol. The Morgan fingerprint density at radius 1 is 1.29 bits per heavy atom. The molecule has 0 atom stereocenters. The Kier molecular flexibility index (Phi) is 5.32. The lowest BCUT2D eigenvalue weighted by Gasteiger charge is -1.94. The minimum atomic E-state index is -0.498. The van der Waals surface area contributed by atoms with Crippen molar-refractivity contribution in [2.75, 3.05) is 0 Å². The van der Waals surface area contributed by atoms with Gasteiger partial charge in [0.2, 0.25) is 0 Å². The second-order valence-corrected chi connectivity index (χ2v) is 3.90. The first-order valence-electron chi connectivity index (χ1n) is 5.27. The van der Waals surface area contributed by atoms with E-state index in [1.165, 1.54) is 11.3 Å². The van der Waals surface area contributed by atoms with E-state index in [0.29, 0.717) is 4.88 Å². The first-order valence-corrected chi connectivity index (χ1v) is 6.08. The van der Waals surface area contributed by atoms with Crippen molar-refractivity contribution in [2.24, 2.45) is 0 Å². The van der Waals surface area contributed by atoms with Crippen LogP contribution in [-0.4, -0.2) is 16.1 Å². The lowest BCUT2D eigenvalue weighted by Crippen LogP contribution is -2.16. The first kappa shape index (κ1) is 13.3. The summed E-state index contributed by atoms with van der Waals surface area (Å²) in [7, 11) is 0. The number of thiophene rings is 1. The monoisotopic (exact) mass is 250 g/mol. The summed E-state index contributed by atoms with van der Waals surface area (Å²) < 4.78 is 0. The molecule has 2 heterocycles. The molecule has 0 aliphatic rings. The predicted molar refractivity (Wildman–Crippen MR) is 68.2 cm³/mol. The highest BCUT2D eigenvalue weighted by molar-refractivity contribution is 7.17. The van der Waals surface area contributed by atoms with Gasteiger partial charge in [0.15, 0.2) is 0 Å². The third-order valence-electron chi connectivity index (χ3n) is 1.85. The van der Waals surface area contributed by atoms with Crippen LogP contribution in [0.4, 0.5) is 0 Å². The van der Waals surface area contributed by atoms with E-state index < -0.39 is 5.91 Å². The van der Waals surface area contributed by atoms with Crippen LogP contribution in [0.5, 0.6) is 0 Å². The topological polar surface area (TPSA) is 62.2 Å². The third-order valence-corrected chi connectivity index (χ3v) is 2.96. The summed E-state index contributed by atoms with van der Waals surface area (Å²) >= 11 is 1.28. The van der Waals surface area contributed by atoms with Crippen LogP contribution in [0.25, 0.3) is 10.6 Å². The SMILES string of the molecule is CC.O=C(NO)c1ccc(-c2ccccn2)s1. The smallest absolute Gasteiger partial charge is 0.284 e. The summed E-state index contributed by atoms with van der Waals surface area (Å²) in [5, 5.41) is 8.46. The summed E-state index contributed by atoms with van der Waals surface area (Å²) in [5.41, 5.74) is 2.42. The number of aromatic nitrogens is 1. The van der Waals surface area contributed by atoms with Crippen molar-refractivity contribution >= 4 is 17.2 Å². The number of hydroxylamine groups is 1. The fourth-order valence-electron chi connectivity index (χ4n) is 1.16. The lowest BCUT2D eigenvalue weighted by molar-refractivity contribution is 0.0711. The Bertz CT molecular complexity index is 468. The molecule has 0 radical (unpaired) electrons. The van der Waals surface area contributed by atoms with Crippen molar-refractivity contribution in [3.8, 4) is 10.6 Å². The first-order chi connectivity index (χ1) is 8.31. The largest absolute Gasteiger partial charge is 0.288 e. The van der Waals surface area contributed by atoms with Crippen LogP contribution in [0.2, 0.25) is 0 Å². The molecule has 4 nitrogen and oxygen atoms in total. The van der Waals surface area contributed by atoms with E-state index in [0.717, 1.165) is 10.6 Å². The Balaban J connectivity index is 0.000000686. The number of hydrogen-bond donors (Lipinski definition) is 2. The van der Waals surface area contributed by atoms with Gasteiger partial charge in [-0.25, -0.2) is 5.48 Å². The number of pyridine rings is 1. The molecule has 90 valence electrons. The molecule has 5 heteroatoms. The van der Waals surface area contributed by atoms with Gasteiger partial charge in [0.1, 0.15) is 0 Å². The van der Waals surface area contributed by atoms with Gasteiger partial charge in [-0.2, -0.15) is 0 Å². The number of nitrogens with one attached hydrogen (secondary N) is 1. The van der Waals surface area contributed by atoms with Gasteiger partial charge in [0.25, 0.3) is 5.91 Å². The second kappa shape index (κ2) is 6.78. The van der Waals surface area contributed by atoms with Crippen molar-refractivity contribution in [3.05, 3.63) is 41.4 Å². The maximum Gasteiger partial charge on any atom is 0.284 e. The molecule has 0 spiro atoms. The van der Waals surface area contributed by atoms with Gasteiger partial charge in [-0.15, -0.1) is 11.3 Å². The standard InChI is InChI=1S/C10H8N2O2S.C2H6/c13-10(12-14)9-5-4-8(15-9)7-3-1-2-6-11-7;1-2/h1-6,14H,(H,12,13);1-2H3. The Morgan fingerprint density at radius 2 is 2.06 bits per heavy atom. The molecule has 2 aromatic rings. The highest BCUT2D eigenvalue weighted by Crippen LogP contribution is 2.25. The molecule has 0 saturated heterocycles. The van der Waals surface area contributed by atoms with Crippen LogP contribution in [0.3, 0.4) is 0 Å². The number of rotatable bonds is 2. The van der Waals surface area contributed by atoms with Crippen LogP contribution in [0.15, 0.2) is 36.5 Å². The lowest BCUT2D eigenvalue weighted by atomic mass is 10.3. The molecule has 2 N–H and O–H groups in total. The quantitative estimate of drug-likeness (QED) is 0.636. The number of amides is 1. The summed E-state index contributed by atoms with van der Waals surface area (Å²) in [4.78, 5) is 16.6. The van der Waals surface area contributed by atoms with Gasteiger partial charge in [-0.05, 0) is 24.3 Å². The van der Waals surface area contributed by atoms with Crippen LogP contribution in [0.1, 0.15) is 23.5 Å². The molecule has 0 aliphatic carbocycles. The zero-order valence-electron chi connectivity index (χ0n) is 9.68. The Hall–Kier alpha value is -1.72. The molecule has 2 rings (SSSR count). The van der Waals surface area contributed by atoms with Crippen molar-refractivity contribution in [3.63, 3.8) is 0 Å². The van der Waals surface area contributed by atoms with Crippen LogP contribution in [-0.2, 0) is 0 Å². The zero-order valence-corrected chi connectivity index (χ0v) is 10.5. The molecule has 0 bridgehead atoms. The number of carbonyl (C=O) groups excluding carboxylic acids is 1. The molecular formula is C12H14N2O2S. The minimum absolute atomic E-state index is 0.457. The van der Waals surface area contributed by atoms with Crippen molar-refractivity contribution < 1.29 is 10.0 Å². The molecule has 0 saturated carbocycles. The fourth-order valence-corrected chi connectivity index (χ4v) is 2.03. The molecule has 1 amide bonds. The van der Waals surface area contributed by atoms with Crippen molar-refractivity contribution in [2.45, 2.75) is 13.8 Å². The van der Waals surface area contributed by atoms with Gasteiger partial charge >= 0.3 is 0 Å². The molecule has 0 aliphatic heterocycles. The summed E-state index contributed by atoms with van der Waals surface area (Å²) in [5.74, 6) is -0.498. The van der Waals surface area contributed by atoms with Crippen LogP contribution in [0, 0.1) is 0 Å². The van der Waals surface area contributed by atoms with Crippen LogP contribution < -0.4 is 5.48 Å². The van der Waals surface area contributed by atoms with Gasteiger partial charge < -0.3 is 0 Å². The average Bonchev–Trinajstić information content (AvgIpc) is 2.91. The maximum absolute atomic E-state index is 11.1. The highest BCUT2D eigenvalue weighted by Gasteiger charge is 2.09. The van der Waals surface area contributed by atoms with E-state index >= 15 is 0 Å². The van der Waals surface area contributed by atoms with E-state index in [1.807, 2.05) is 32.0 Å². The van der Waals surface area contributed by atoms with E-state index in [9.17, 15) is 4.79 Å². The van der Waals surface area contributed by atoms with Gasteiger partial charge in [-0.3, -0.25) is 15.0 Å². The van der Waals surface area contributed by atoms with E-state index in [2.05, 4.69) is 4.98 Å². The Morgan fingerprint density at radius 3 is 2.65 bits per heavy atom. The number of carbonyl (C=O) groups is 1. The fraction of sp³-hybridized carbons (Fsp3) is 0.167. The van der Waals surface area contributed by atoms with E-state index in [4.69, 9.17) is 5.21 Å². The summed E-state index contributed by atoms with van der Waals surface area (Å²) in [6.07, 6.45) is 1.70. The molecule has 2 aromatic heterocycles. The molecule has 0 unspecified atom stereocenters. The minimum Gasteiger partial charge on any atom is -0.288 e. The third kappa shape index (κ3) is 3.37. The van der Waals surface area contributed by atoms with Crippen LogP contribution >= 0.6 is 11.3 Å². The van der Waals surface area contributed by atoms with Gasteiger partial charge in [0.05, 0.1) is 15.4 Å². The van der Waals surface area contributed by atoms with Gasteiger partial charge in [0, 0.05) is 6.20 Å². The highest BCUT2D eigenvalue weighted by atomic mass is 32.1. The molecule has 0 aromatic carbocycles.